The van der Waals surface area contributed by atoms with Crippen molar-refractivity contribution in [2.45, 2.75) is 37.7 Å². The molecule has 0 unspecified atom stereocenters. The maximum atomic E-state index is 12.5. The highest BCUT2D eigenvalue weighted by Gasteiger charge is 2.50. The fourth-order valence-corrected chi connectivity index (χ4v) is 7.36. The molecule has 176 valence electrons. The Hall–Kier alpha value is -2.47. The maximum absolute atomic E-state index is 12.5. The lowest BCUT2D eigenvalue weighted by Crippen LogP contribution is -2.39. The van der Waals surface area contributed by atoms with Gasteiger partial charge in [0.05, 0.1) is 37.5 Å². The van der Waals surface area contributed by atoms with E-state index >= 15 is 0 Å². The first kappa shape index (κ1) is 24.2. The van der Waals surface area contributed by atoms with Gasteiger partial charge in [0, 0.05) is 11.3 Å². The van der Waals surface area contributed by atoms with Gasteiger partial charge >= 0.3 is 6.09 Å². The van der Waals surface area contributed by atoms with Crippen molar-refractivity contribution in [3.05, 3.63) is 18.2 Å². The van der Waals surface area contributed by atoms with Crippen LogP contribution in [0.1, 0.15) is 20.8 Å². The maximum Gasteiger partial charge on any atom is 0.408 e. The van der Waals surface area contributed by atoms with Crippen LogP contribution in [0.15, 0.2) is 23.2 Å². The number of hydrogen-bond acceptors (Lipinski definition) is 8. The molecule has 32 heavy (non-hydrogen) atoms. The van der Waals surface area contributed by atoms with Gasteiger partial charge in [-0.2, -0.15) is 4.99 Å². The summed E-state index contributed by atoms with van der Waals surface area (Å²) in [5.41, 5.74) is -0.140. The normalized spacial score (nSPS) is 23.0. The molecule has 0 bridgehead atoms. The van der Waals surface area contributed by atoms with E-state index in [0.29, 0.717) is 22.4 Å². The van der Waals surface area contributed by atoms with Gasteiger partial charge in [0.2, 0.25) is 0 Å². The Morgan fingerprint density at radius 1 is 1.22 bits per heavy atom. The van der Waals surface area contributed by atoms with Crippen LogP contribution in [-0.4, -0.2) is 74.7 Å². The largest absolute Gasteiger partial charge is 0.497 e. The Kier molecular flexibility index (Phi) is 6.94. The van der Waals surface area contributed by atoms with E-state index in [0.717, 1.165) is 0 Å². The molecule has 2 atom stereocenters. The molecule has 3 rings (SSSR count). The molecule has 2 fully saturated rings. The summed E-state index contributed by atoms with van der Waals surface area (Å²) in [5, 5.41) is 2.45. The quantitative estimate of drug-likeness (QED) is 0.665. The Morgan fingerprint density at radius 2 is 1.94 bits per heavy atom. The number of ether oxygens (including phenoxy) is 3. The van der Waals surface area contributed by atoms with E-state index in [1.54, 1.807) is 43.9 Å². The van der Waals surface area contributed by atoms with Crippen LogP contribution in [0.5, 0.6) is 11.5 Å². The third-order valence-corrected chi connectivity index (χ3v) is 7.93. The Bertz CT molecular complexity index is 1030. The molecule has 1 aromatic rings. The highest BCUT2D eigenvalue weighted by Crippen LogP contribution is 2.44. The highest BCUT2D eigenvalue weighted by molar-refractivity contribution is 8.16. The zero-order valence-corrected chi connectivity index (χ0v) is 20.2. The summed E-state index contributed by atoms with van der Waals surface area (Å²) in [6.07, 6.45) is -0.723. The molecule has 1 N–H and O–H groups in total. The molecule has 0 aromatic heterocycles. The van der Waals surface area contributed by atoms with Crippen molar-refractivity contribution in [2.75, 3.05) is 37.2 Å². The second-order valence-corrected chi connectivity index (χ2v) is 11.7. The number of nitrogens with zero attached hydrogens (tertiary/aromatic N) is 2. The van der Waals surface area contributed by atoms with Crippen LogP contribution >= 0.6 is 11.8 Å². The summed E-state index contributed by atoms with van der Waals surface area (Å²) in [6.45, 7) is 4.80. The summed E-state index contributed by atoms with van der Waals surface area (Å²) in [6, 6.07) is 4.74. The molecule has 2 saturated heterocycles. The second kappa shape index (κ2) is 9.18. The van der Waals surface area contributed by atoms with Gasteiger partial charge in [0.1, 0.15) is 23.6 Å². The number of benzene rings is 1. The number of alkyl carbamates (subject to hydrolysis) is 1. The summed E-state index contributed by atoms with van der Waals surface area (Å²) in [7, 11) is -0.195. The standard InChI is InChI=1S/C20H27N3O7S2/c1-20(2,3)30-19(25)21-9-17(24)22-18-23(14-10-32(26,27)11-16(14)31-18)13-8-12(28-4)6-7-15(13)29-5/h6-8,14,16H,9-11H2,1-5H3,(H,21,25)/t14-,16-/m1/s1. The minimum atomic E-state index is -3.22. The molecule has 10 nitrogen and oxygen atoms in total. The van der Waals surface area contributed by atoms with Crippen LogP contribution < -0.4 is 19.7 Å². The number of aliphatic imine (C=N–C) groups is 1. The van der Waals surface area contributed by atoms with Crippen molar-refractivity contribution in [1.82, 2.24) is 5.32 Å². The predicted molar refractivity (Wildman–Crippen MR) is 123 cm³/mol. The number of amides is 2. The number of hydrogen-bond donors (Lipinski definition) is 1. The predicted octanol–water partition coefficient (Wildman–Crippen LogP) is 1.83. The van der Waals surface area contributed by atoms with Gasteiger partial charge < -0.3 is 24.4 Å². The number of methoxy groups -OCH3 is 2. The van der Waals surface area contributed by atoms with E-state index in [1.807, 2.05) is 0 Å². The lowest BCUT2D eigenvalue weighted by atomic mass is 10.2. The summed E-state index contributed by atoms with van der Waals surface area (Å²) in [5.74, 6) is 0.381. The minimum Gasteiger partial charge on any atom is -0.497 e. The first-order chi connectivity index (χ1) is 14.9. The van der Waals surface area contributed by atoms with Crippen LogP contribution in [0.25, 0.3) is 0 Å². The first-order valence-corrected chi connectivity index (χ1v) is 12.6. The summed E-state index contributed by atoms with van der Waals surface area (Å²) >= 11 is 1.23. The smallest absolute Gasteiger partial charge is 0.408 e. The average Bonchev–Trinajstić information content (AvgIpc) is 3.15. The topological polar surface area (TPSA) is 124 Å². The number of rotatable bonds is 5. The molecule has 2 amide bonds. The zero-order chi connectivity index (χ0) is 23.7. The van der Waals surface area contributed by atoms with Gasteiger partial charge in [-0.05, 0) is 32.9 Å². The number of carbonyl (C=O) groups excluding carboxylic acids is 2. The van der Waals surface area contributed by atoms with Gasteiger partial charge in [-0.1, -0.05) is 11.8 Å². The molecule has 2 aliphatic rings. The fourth-order valence-electron chi connectivity index (χ4n) is 3.44. The van der Waals surface area contributed by atoms with Crippen molar-refractivity contribution in [1.29, 1.82) is 0 Å². The number of fused-ring (bicyclic) bond motifs is 1. The van der Waals surface area contributed by atoms with Gasteiger partial charge in [-0.3, -0.25) is 4.79 Å². The van der Waals surface area contributed by atoms with E-state index in [9.17, 15) is 18.0 Å². The van der Waals surface area contributed by atoms with Gasteiger partial charge in [0.15, 0.2) is 15.0 Å². The second-order valence-electron chi connectivity index (χ2n) is 8.35. The summed E-state index contributed by atoms with van der Waals surface area (Å²) in [4.78, 5) is 30.2. The van der Waals surface area contributed by atoms with Crippen molar-refractivity contribution in [3.63, 3.8) is 0 Å². The van der Waals surface area contributed by atoms with Gasteiger partial charge in [-0.15, -0.1) is 0 Å². The third kappa shape index (κ3) is 5.66. The lowest BCUT2D eigenvalue weighted by Gasteiger charge is -2.26. The summed E-state index contributed by atoms with van der Waals surface area (Å²) < 4.78 is 40.4. The van der Waals surface area contributed by atoms with E-state index in [2.05, 4.69) is 10.3 Å². The van der Waals surface area contributed by atoms with Crippen molar-refractivity contribution in [3.8, 4) is 11.5 Å². The van der Waals surface area contributed by atoms with Gasteiger partial charge in [0.25, 0.3) is 5.91 Å². The molecule has 12 heteroatoms. The number of amidine groups is 1. The number of carbonyl (C=O) groups is 2. The van der Waals surface area contributed by atoms with Crippen LogP contribution in [0.2, 0.25) is 0 Å². The number of nitrogens with one attached hydrogen (secondary N) is 1. The number of sulfone groups is 1. The van der Waals surface area contributed by atoms with Crippen molar-refractivity contribution < 1.29 is 32.2 Å². The number of thioether (sulfide) groups is 1. The average molecular weight is 486 g/mol. The Balaban J connectivity index is 1.88. The van der Waals surface area contributed by atoms with Crippen LogP contribution in [0, 0.1) is 0 Å². The van der Waals surface area contributed by atoms with Crippen LogP contribution in [-0.2, 0) is 19.4 Å². The monoisotopic (exact) mass is 485 g/mol. The lowest BCUT2D eigenvalue weighted by molar-refractivity contribution is -0.117. The minimum absolute atomic E-state index is 0.00547. The molecule has 0 radical (unpaired) electrons. The molecule has 0 saturated carbocycles. The van der Waals surface area contributed by atoms with Gasteiger partial charge in [-0.25, -0.2) is 13.2 Å². The van der Waals surface area contributed by atoms with Crippen LogP contribution in [0.4, 0.5) is 10.5 Å². The van der Waals surface area contributed by atoms with Crippen molar-refractivity contribution in [2.24, 2.45) is 4.99 Å². The molecule has 1 aromatic carbocycles. The SMILES string of the molecule is COc1ccc(OC)c(N2C(=NC(=O)CNC(=O)OC(C)(C)C)S[C@@H]3CS(=O)(=O)C[C@H]32)c1. The van der Waals surface area contributed by atoms with E-state index in [1.165, 1.54) is 26.0 Å². The number of anilines is 1. The Labute approximate surface area is 191 Å². The zero-order valence-electron chi connectivity index (χ0n) is 18.6. The van der Waals surface area contributed by atoms with Crippen molar-refractivity contribution >= 4 is 44.5 Å². The third-order valence-electron chi connectivity index (χ3n) is 4.72. The highest BCUT2D eigenvalue weighted by atomic mass is 32.2. The molecule has 0 spiro atoms. The molecule has 0 aliphatic carbocycles. The molecule has 2 aliphatic heterocycles. The van der Waals surface area contributed by atoms with E-state index in [-0.39, 0.29) is 23.3 Å². The Morgan fingerprint density at radius 3 is 2.56 bits per heavy atom. The first-order valence-electron chi connectivity index (χ1n) is 9.89. The van der Waals surface area contributed by atoms with E-state index < -0.39 is 33.5 Å². The fraction of sp³-hybridized carbons (Fsp3) is 0.550. The van der Waals surface area contributed by atoms with Crippen LogP contribution in [0.3, 0.4) is 0 Å². The molecular weight excluding hydrogens is 458 g/mol. The van der Waals surface area contributed by atoms with E-state index in [4.69, 9.17) is 14.2 Å². The molecule has 2 heterocycles. The molecular formula is C20H27N3O7S2.